The molecule has 0 atom stereocenters. The number of likely N-dealkylation sites (tertiary alicyclic amines) is 1. The van der Waals surface area contributed by atoms with Gasteiger partial charge in [0.2, 0.25) is 0 Å². The molecule has 0 radical (unpaired) electrons. The Labute approximate surface area is 153 Å². The zero-order valence-corrected chi connectivity index (χ0v) is 16.2. The van der Waals surface area contributed by atoms with Gasteiger partial charge < -0.3 is 10.6 Å². The Kier molecular flexibility index (Phi) is 8.73. The molecule has 25 heavy (non-hydrogen) atoms. The molecule has 1 aromatic heterocycles. The van der Waals surface area contributed by atoms with E-state index in [1.54, 1.807) is 0 Å². The van der Waals surface area contributed by atoms with E-state index in [-0.39, 0.29) is 0 Å². The molecule has 0 aromatic carbocycles. The second kappa shape index (κ2) is 11.1. The van der Waals surface area contributed by atoms with Crippen molar-refractivity contribution in [3.05, 3.63) is 30.1 Å². The highest BCUT2D eigenvalue weighted by Crippen LogP contribution is 2.13. The van der Waals surface area contributed by atoms with Gasteiger partial charge in [0.15, 0.2) is 5.96 Å². The van der Waals surface area contributed by atoms with Crippen LogP contribution >= 0.6 is 0 Å². The van der Waals surface area contributed by atoms with E-state index >= 15 is 0 Å². The normalized spacial score (nSPS) is 17.0. The van der Waals surface area contributed by atoms with Crippen LogP contribution in [-0.2, 0) is 6.54 Å². The Bertz CT molecular complexity index is 492. The van der Waals surface area contributed by atoms with E-state index in [4.69, 9.17) is 0 Å². The number of rotatable bonds is 8. The molecule has 0 saturated carbocycles. The lowest BCUT2D eigenvalue weighted by molar-refractivity contribution is 0.196. The number of hydrogen-bond donors (Lipinski definition) is 2. The third kappa shape index (κ3) is 7.86. The summed E-state index contributed by atoms with van der Waals surface area (Å²) in [5.41, 5.74) is 1.16. The van der Waals surface area contributed by atoms with E-state index in [1.165, 1.54) is 19.3 Å². The Balaban J connectivity index is 1.62. The zero-order chi connectivity index (χ0) is 17.9. The smallest absolute Gasteiger partial charge is 0.191 e. The fraction of sp³-hybridized carbons (Fsp3) is 0.700. The van der Waals surface area contributed by atoms with Gasteiger partial charge in [-0.1, -0.05) is 32.8 Å². The highest BCUT2D eigenvalue weighted by molar-refractivity contribution is 5.79. The monoisotopic (exact) mass is 345 g/mol. The van der Waals surface area contributed by atoms with Gasteiger partial charge in [-0.3, -0.25) is 14.9 Å². The van der Waals surface area contributed by atoms with Gasteiger partial charge in [0.25, 0.3) is 0 Å². The first-order valence-electron chi connectivity index (χ1n) is 9.77. The minimum atomic E-state index is 0.516. The first kappa shape index (κ1) is 19.7. The van der Waals surface area contributed by atoms with E-state index in [2.05, 4.69) is 51.5 Å². The molecule has 1 aliphatic rings. The lowest BCUT2D eigenvalue weighted by Gasteiger charge is -2.32. The maximum atomic E-state index is 4.43. The fourth-order valence-electron chi connectivity index (χ4n) is 3.23. The van der Waals surface area contributed by atoms with Gasteiger partial charge in [0, 0.05) is 45.5 Å². The summed E-state index contributed by atoms with van der Waals surface area (Å²) < 4.78 is 0. The minimum Gasteiger partial charge on any atom is -0.356 e. The summed E-state index contributed by atoms with van der Waals surface area (Å²) in [6, 6.07) is 6.66. The third-order valence-corrected chi connectivity index (χ3v) is 4.76. The molecule has 5 heteroatoms. The average molecular weight is 346 g/mol. The van der Waals surface area contributed by atoms with Crippen LogP contribution in [0.1, 0.15) is 51.6 Å². The lowest BCUT2D eigenvalue weighted by atomic mass is 10.0. The van der Waals surface area contributed by atoms with Gasteiger partial charge in [0.1, 0.15) is 0 Å². The van der Waals surface area contributed by atoms with Crippen LogP contribution in [0, 0.1) is 5.92 Å². The molecule has 2 rings (SSSR count). The van der Waals surface area contributed by atoms with Crippen LogP contribution in [0.25, 0.3) is 0 Å². The maximum absolute atomic E-state index is 4.43. The summed E-state index contributed by atoms with van der Waals surface area (Å²) in [5, 5.41) is 7.04. The average Bonchev–Trinajstić information content (AvgIpc) is 2.62. The molecule has 0 spiro atoms. The van der Waals surface area contributed by atoms with Crippen molar-refractivity contribution < 1.29 is 0 Å². The standard InChI is InChI=1S/C20H35N5/c1-17(2)8-4-6-13-23-20(21-3)24-18-10-14-25(15-11-18)16-19-9-5-7-12-22-19/h5,7,9,12,17-18H,4,6,8,10-11,13-16H2,1-3H3,(H2,21,23,24). The quantitative estimate of drug-likeness (QED) is 0.432. The molecule has 5 nitrogen and oxygen atoms in total. The van der Waals surface area contributed by atoms with Gasteiger partial charge in [-0.25, -0.2) is 0 Å². The zero-order valence-electron chi connectivity index (χ0n) is 16.2. The number of nitrogens with one attached hydrogen (secondary N) is 2. The van der Waals surface area contributed by atoms with Crippen LogP contribution in [0.2, 0.25) is 0 Å². The van der Waals surface area contributed by atoms with Crippen molar-refractivity contribution in [1.82, 2.24) is 20.5 Å². The number of aromatic nitrogens is 1. The first-order chi connectivity index (χ1) is 12.2. The second-order valence-corrected chi connectivity index (χ2v) is 7.40. The minimum absolute atomic E-state index is 0.516. The largest absolute Gasteiger partial charge is 0.356 e. The molecule has 2 N–H and O–H groups in total. The number of piperidine rings is 1. The molecular formula is C20H35N5. The van der Waals surface area contributed by atoms with E-state index in [1.807, 2.05) is 19.3 Å². The molecule has 1 saturated heterocycles. The van der Waals surface area contributed by atoms with Crippen molar-refractivity contribution in [1.29, 1.82) is 0 Å². The van der Waals surface area contributed by atoms with E-state index in [0.717, 1.165) is 56.6 Å². The highest BCUT2D eigenvalue weighted by Gasteiger charge is 2.20. The number of hydrogen-bond acceptors (Lipinski definition) is 3. The van der Waals surface area contributed by atoms with Crippen molar-refractivity contribution in [3.63, 3.8) is 0 Å². The molecule has 0 amide bonds. The van der Waals surface area contributed by atoms with E-state index < -0.39 is 0 Å². The topological polar surface area (TPSA) is 52.6 Å². The van der Waals surface area contributed by atoms with Crippen LogP contribution in [0.3, 0.4) is 0 Å². The number of unbranched alkanes of at least 4 members (excludes halogenated alkanes) is 1. The SMILES string of the molecule is CN=C(NCCCCC(C)C)NC1CCN(Cc2ccccn2)CC1. The molecule has 1 aromatic rings. The van der Waals surface area contributed by atoms with Crippen LogP contribution < -0.4 is 10.6 Å². The number of pyridine rings is 1. The van der Waals surface area contributed by atoms with Crippen LogP contribution in [0.15, 0.2) is 29.4 Å². The van der Waals surface area contributed by atoms with Crippen molar-refractivity contribution >= 4 is 5.96 Å². The Morgan fingerprint density at radius 1 is 1.28 bits per heavy atom. The molecule has 1 fully saturated rings. The van der Waals surface area contributed by atoms with Crippen molar-refractivity contribution in [3.8, 4) is 0 Å². The van der Waals surface area contributed by atoms with Gasteiger partial charge in [-0.15, -0.1) is 0 Å². The van der Waals surface area contributed by atoms with Crippen LogP contribution in [0.4, 0.5) is 0 Å². The lowest BCUT2D eigenvalue weighted by Crippen LogP contribution is -2.48. The number of guanidine groups is 1. The predicted octanol–water partition coefficient (Wildman–Crippen LogP) is 3.04. The van der Waals surface area contributed by atoms with Gasteiger partial charge in [-0.05, 0) is 37.3 Å². The van der Waals surface area contributed by atoms with Crippen molar-refractivity contribution in [2.75, 3.05) is 26.7 Å². The molecule has 0 aliphatic carbocycles. The molecule has 1 aliphatic heterocycles. The predicted molar refractivity (Wildman–Crippen MR) is 106 cm³/mol. The van der Waals surface area contributed by atoms with Gasteiger partial charge in [-0.2, -0.15) is 0 Å². The van der Waals surface area contributed by atoms with Crippen LogP contribution in [0.5, 0.6) is 0 Å². The Hall–Kier alpha value is -1.62. The van der Waals surface area contributed by atoms with Gasteiger partial charge >= 0.3 is 0 Å². The molecule has 2 heterocycles. The molecule has 0 unspecified atom stereocenters. The number of aliphatic imine (C=N–C) groups is 1. The summed E-state index contributed by atoms with van der Waals surface area (Å²) in [6.45, 7) is 8.75. The van der Waals surface area contributed by atoms with Gasteiger partial charge in [0.05, 0.1) is 5.69 Å². The maximum Gasteiger partial charge on any atom is 0.191 e. The first-order valence-corrected chi connectivity index (χ1v) is 9.77. The Morgan fingerprint density at radius 3 is 2.72 bits per heavy atom. The van der Waals surface area contributed by atoms with E-state index in [0.29, 0.717) is 6.04 Å². The summed E-state index contributed by atoms with van der Waals surface area (Å²) in [7, 11) is 1.86. The fourth-order valence-corrected chi connectivity index (χ4v) is 3.23. The summed E-state index contributed by atoms with van der Waals surface area (Å²) in [5.74, 6) is 1.75. The third-order valence-electron chi connectivity index (χ3n) is 4.76. The summed E-state index contributed by atoms with van der Waals surface area (Å²) >= 11 is 0. The summed E-state index contributed by atoms with van der Waals surface area (Å²) in [6.07, 6.45) is 7.99. The Morgan fingerprint density at radius 2 is 2.08 bits per heavy atom. The van der Waals surface area contributed by atoms with Crippen LogP contribution in [-0.4, -0.2) is 48.6 Å². The van der Waals surface area contributed by atoms with Crippen molar-refractivity contribution in [2.24, 2.45) is 10.9 Å². The summed E-state index contributed by atoms with van der Waals surface area (Å²) in [4.78, 5) is 11.3. The highest BCUT2D eigenvalue weighted by atomic mass is 15.2. The van der Waals surface area contributed by atoms with E-state index in [9.17, 15) is 0 Å². The second-order valence-electron chi connectivity index (χ2n) is 7.40. The molecule has 140 valence electrons. The molecular weight excluding hydrogens is 310 g/mol. The van der Waals surface area contributed by atoms with Crippen molar-refractivity contribution in [2.45, 2.75) is 58.5 Å². The molecule has 0 bridgehead atoms. The number of nitrogens with zero attached hydrogens (tertiary/aromatic N) is 3.